The second kappa shape index (κ2) is 3.20. The van der Waals surface area contributed by atoms with Crippen molar-refractivity contribution in [1.82, 2.24) is 0 Å². The maximum atomic E-state index is 11.8. The first-order valence-corrected chi connectivity index (χ1v) is 4.01. The van der Waals surface area contributed by atoms with Crippen LogP contribution in [0.3, 0.4) is 0 Å². The molecule has 0 atom stereocenters. The van der Waals surface area contributed by atoms with Gasteiger partial charge in [0.2, 0.25) is 0 Å². The molecule has 1 aliphatic rings. The number of rotatable bonds is 4. The monoisotopic (exact) mass is 160 g/mol. The molecule has 0 bridgehead atoms. The Hall–Kier alpha value is -0.600. The van der Waals surface area contributed by atoms with E-state index >= 15 is 0 Å². The van der Waals surface area contributed by atoms with Gasteiger partial charge in [-0.3, -0.25) is 9.18 Å². The van der Waals surface area contributed by atoms with E-state index in [4.69, 9.17) is 5.11 Å². The molecule has 1 rings (SSSR count). The largest absolute Gasteiger partial charge is 0.481 e. The summed E-state index contributed by atoms with van der Waals surface area (Å²) in [4.78, 5) is 10.7. The third kappa shape index (κ3) is 1.52. The van der Waals surface area contributed by atoms with Crippen molar-refractivity contribution in [1.29, 1.82) is 0 Å². The molecule has 2 nitrogen and oxygen atoms in total. The van der Waals surface area contributed by atoms with E-state index in [-0.39, 0.29) is 0 Å². The van der Waals surface area contributed by atoms with E-state index in [1.807, 2.05) is 0 Å². The van der Waals surface area contributed by atoms with Crippen LogP contribution in [0.5, 0.6) is 0 Å². The molecule has 0 radical (unpaired) electrons. The number of aliphatic carboxylic acids is 1. The Balaban J connectivity index is 2.40. The number of hydrogen-bond acceptors (Lipinski definition) is 1. The Labute approximate surface area is 65.4 Å². The molecule has 3 heteroatoms. The number of carboxylic acid groups (broad SMARTS) is 1. The third-order valence-corrected chi connectivity index (χ3v) is 2.55. The summed E-state index contributed by atoms with van der Waals surface area (Å²) in [7, 11) is 0. The molecule has 0 aromatic heterocycles. The molecule has 0 aromatic carbocycles. The van der Waals surface area contributed by atoms with Crippen LogP contribution in [-0.4, -0.2) is 17.8 Å². The fourth-order valence-corrected chi connectivity index (χ4v) is 1.58. The van der Waals surface area contributed by atoms with Gasteiger partial charge in [0, 0.05) is 0 Å². The van der Waals surface area contributed by atoms with Gasteiger partial charge in [0.15, 0.2) is 0 Å². The van der Waals surface area contributed by atoms with Gasteiger partial charge in [-0.1, -0.05) is 6.42 Å². The minimum Gasteiger partial charge on any atom is -0.481 e. The second-order valence-electron chi connectivity index (χ2n) is 3.23. The average Bonchev–Trinajstić information content (AvgIpc) is 1.85. The lowest BCUT2D eigenvalue weighted by Gasteiger charge is -2.37. The van der Waals surface area contributed by atoms with E-state index in [0.29, 0.717) is 12.8 Å². The normalized spacial score (nSPS) is 20.8. The fraction of sp³-hybridized carbons (Fsp3) is 0.875. The van der Waals surface area contributed by atoms with Crippen molar-refractivity contribution in [2.24, 2.45) is 5.41 Å². The summed E-state index contributed by atoms with van der Waals surface area (Å²) in [6, 6.07) is 0. The molecule has 0 aromatic rings. The van der Waals surface area contributed by atoms with Crippen molar-refractivity contribution in [3.8, 4) is 0 Å². The molecule has 64 valence electrons. The SMILES string of the molecule is O=C(O)C1(CCCF)CCC1. The molecule has 1 aliphatic carbocycles. The lowest BCUT2D eigenvalue weighted by atomic mass is 9.66. The fourth-order valence-electron chi connectivity index (χ4n) is 1.58. The highest BCUT2D eigenvalue weighted by molar-refractivity contribution is 5.75. The molecule has 1 N–H and O–H groups in total. The predicted octanol–water partition coefficient (Wildman–Crippen LogP) is 1.99. The number of halogens is 1. The summed E-state index contributed by atoms with van der Waals surface area (Å²) < 4.78 is 11.8. The highest BCUT2D eigenvalue weighted by atomic mass is 19.1. The van der Waals surface area contributed by atoms with Gasteiger partial charge in [-0.25, -0.2) is 0 Å². The van der Waals surface area contributed by atoms with Gasteiger partial charge in [-0.05, 0) is 25.7 Å². The summed E-state index contributed by atoms with van der Waals surface area (Å²) in [6.45, 7) is -0.394. The molecule has 1 saturated carbocycles. The molecule has 0 unspecified atom stereocenters. The maximum Gasteiger partial charge on any atom is 0.309 e. The first-order chi connectivity index (χ1) is 5.21. The molecule has 1 fully saturated rings. The number of alkyl halides is 1. The quantitative estimate of drug-likeness (QED) is 0.682. The highest BCUT2D eigenvalue weighted by Gasteiger charge is 2.43. The number of carbonyl (C=O) groups is 1. The van der Waals surface area contributed by atoms with E-state index in [2.05, 4.69) is 0 Å². The summed E-state index contributed by atoms with van der Waals surface area (Å²) in [5, 5.41) is 8.79. The molecule has 0 saturated heterocycles. The van der Waals surface area contributed by atoms with Gasteiger partial charge >= 0.3 is 5.97 Å². The Kier molecular flexibility index (Phi) is 2.47. The Morgan fingerprint density at radius 3 is 2.45 bits per heavy atom. The summed E-state index contributed by atoms with van der Waals surface area (Å²) in [5.74, 6) is -0.739. The molecule has 0 heterocycles. The average molecular weight is 160 g/mol. The zero-order chi connectivity index (χ0) is 8.32. The number of carboxylic acids is 1. The highest BCUT2D eigenvalue weighted by Crippen LogP contribution is 2.44. The van der Waals surface area contributed by atoms with Crippen LogP contribution in [0.4, 0.5) is 4.39 Å². The van der Waals surface area contributed by atoms with Crippen molar-refractivity contribution in [2.45, 2.75) is 32.1 Å². The van der Waals surface area contributed by atoms with E-state index in [1.54, 1.807) is 0 Å². The van der Waals surface area contributed by atoms with Crippen LogP contribution in [0.25, 0.3) is 0 Å². The van der Waals surface area contributed by atoms with Crippen LogP contribution in [0.1, 0.15) is 32.1 Å². The van der Waals surface area contributed by atoms with Crippen LogP contribution in [0, 0.1) is 5.41 Å². The zero-order valence-electron chi connectivity index (χ0n) is 6.48. The first-order valence-electron chi connectivity index (χ1n) is 4.01. The van der Waals surface area contributed by atoms with Gasteiger partial charge in [0.25, 0.3) is 0 Å². The molecular formula is C8H13FO2. The van der Waals surface area contributed by atoms with E-state index < -0.39 is 18.1 Å². The first kappa shape index (κ1) is 8.50. The summed E-state index contributed by atoms with van der Waals surface area (Å²) in [5.41, 5.74) is -0.550. The second-order valence-corrected chi connectivity index (χ2v) is 3.23. The van der Waals surface area contributed by atoms with Crippen molar-refractivity contribution < 1.29 is 14.3 Å². The van der Waals surface area contributed by atoms with E-state index in [0.717, 1.165) is 19.3 Å². The zero-order valence-corrected chi connectivity index (χ0v) is 6.48. The van der Waals surface area contributed by atoms with Gasteiger partial charge in [0.1, 0.15) is 0 Å². The molecule has 0 spiro atoms. The molecule has 0 amide bonds. The molecule has 0 aliphatic heterocycles. The smallest absolute Gasteiger partial charge is 0.309 e. The van der Waals surface area contributed by atoms with Crippen LogP contribution < -0.4 is 0 Å². The van der Waals surface area contributed by atoms with Crippen molar-refractivity contribution >= 4 is 5.97 Å². The van der Waals surface area contributed by atoms with Crippen LogP contribution in [0.15, 0.2) is 0 Å². The van der Waals surface area contributed by atoms with Crippen LogP contribution in [-0.2, 0) is 4.79 Å². The van der Waals surface area contributed by atoms with Crippen LogP contribution in [0.2, 0.25) is 0 Å². The predicted molar refractivity (Wildman–Crippen MR) is 39.1 cm³/mol. The van der Waals surface area contributed by atoms with Crippen molar-refractivity contribution in [3.05, 3.63) is 0 Å². The van der Waals surface area contributed by atoms with Crippen molar-refractivity contribution in [2.75, 3.05) is 6.67 Å². The minimum atomic E-state index is -0.739. The maximum absolute atomic E-state index is 11.8. The topological polar surface area (TPSA) is 37.3 Å². The minimum absolute atomic E-state index is 0.394. The number of hydrogen-bond donors (Lipinski definition) is 1. The lowest BCUT2D eigenvalue weighted by Crippen LogP contribution is -2.37. The summed E-state index contributed by atoms with van der Waals surface area (Å²) >= 11 is 0. The summed E-state index contributed by atoms with van der Waals surface area (Å²) in [6.07, 6.45) is 3.37. The van der Waals surface area contributed by atoms with Gasteiger partial charge in [0.05, 0.1) is 12.1 Å². The molecule has 11 heavy (non-hydrogen) atoms. The van der Waals surface area contributed by atoms with Gasteiger partial charge in [-0.2, -0.15) is 0 Å². The van der Waals surface area contributed by atoms with Crippen molar-refractivity contribution in [3.63, 3.8) is 0 Å². The van der Waals surface area contributed by atoms with Crippen LogP contribution >= 0.6 is 0 Å². The van der Waals surface area contributed by atoms with E-state index in [9.17, 15) is 9.18 Å². The lowest BCUT2D eigenvalue weighted by molar-refractivity contribution is -0.155. The Morgan fingerprint density at radius 1 is 1.55 bits per heavy atom. The molecular weight excluding hydrogens is 147 g/mol. The van der Waals surface area contributed by atoms with Gasteiger partial charge in [-0.15, -0.1) is 0 Å². The Bertz CT molecular complexity index is 152. The standard InChI is InChI=1S/C8H13FO2/c9-6-2-5-8(7(10)11)3-1-4-8/h1-6H2,(H,10,11). The van der Waals surface area contributed by atoms with Gasteiger partial charge < -0.3 is 5.11 Å². The third-order valence-electron chi connectivity index (χ3n) is 2.55. The van der Waals surface area contributed by atoms with E-state index in [1.165, 1.54) is 0 Å². The Morgan fingerprint density at radius 2 is 2.18 bits per heavy atom.